The minimum Gasteiger partial charge on any atom is -0.398 e. The molecule has 0 aliphatic heterocycles. The van der Waals surface area contributed by atoms with Gasteiger partial charge in [-0.2, -0.15) is 0 Å². The van der Waals surface area contributed by atoms with Gasteiger partial charge in [-0.1, -0.05) is 0 Å². The Morgan fingerprint density at radius 1 is 2.00 bits per heavy atom. The van der Waals surface area contributed by atoms with Crippen LogP contribution in [-0.2, 0) is 0 Å². The maximum atomic E-state index is 7.25. The zero-order valence-corrected chi connectivity index (χ0v) is 4.02. The molecule has 1 rings (SSSR count). The predicted molar refractivity (Wildman–Crippen MR) is 33.4 cm³/mol. The van der Waals surface area contributed by atoms with Gasteiger partial charge in [0.25, 0.3) is 0 Å². The van der Waals surface area contributed by atoms with E-state index in [1.54, 1.807) is 0 Å². The highest BCUT2D eigenvalue weighted by Crippen LogP contribution is 2.04. The van der Waals surface area contributed by atoms with Crippen LogP contribution in [-0.4, -0.2) is 4.98 Å². The van der Waals surface area contributed by atoms with Crippen molar-refractivity contribution in [2.45, 2.75) is 6.85 Å². The number of nitrogen functional groups attached to an aromatic ring is 1. The molecule has 0 saturated heterocycles. The summed E-state index contributed by atoms with van der Waals surface area (Å²) in [7, 11) is 0. The van der Waals surface area contributed by atoms with Crippen LogP contribution in [0.3, 0.4) is 0 Å². The SMILES string of the molecule is [2H]c1nc([2H])c(C([2H])([2H])[2H])c(N)c1[2H]. The number of hydrogen-bond acceptors (Lipinski definition) is 2. The minimum atomic E-state index is -2.57. The lowest BCUT2D eigenvalue weighted by Gasteiger charge is -1.93. The third-order valence-corrected chi connectivity index (χ3v) is 0.684. The molecule has 0 fully saturated rings. The Morgan fingerprint density at radius 3 is 3.62 bits per heavy atom. The van der Waals surface area contributed by atoms with Gasteiger partial charge in [0.15, 0.2) is 0 Å². The first-order valence-electron chi connectivity index (χ1n) is 4.99. The molecule has 0 unspecified atom stereocenters. The molecule has 8 heavy (non-hydrogen) atoms. The highest BCUT2D eigenvalue weighted by molar-refractivity contribution is 5.42. The molecule has 0 atom stereocenters. The zero-order valence-electron chi connectivity index (χ0n) is 10.0. The fourth-order valence-electron chi connectivity index (χ4n) is 0.295. The first kappa shape index (κ1) is 1.47. The van der Waals surface area contributed by atoms with Crippen molar-refractivity contribution in [1.29, 1.82) is 0 Å². The molecule has 2 N–H and O–H groups in total. The van der Waals surface area contributed by atoms with Gasteiger partial charge in [-0.3, -0.25) is 4.98 Å². The van der Waals surface area contributed by atoms with E-state index < -0.39 is 30.8 Å². The lowest BCUT2D eigenvalue weighted by Crippen LogP contribution is -1.87. The van der Waals surface area contributed by atoms with Crippen LogP contribution >= 0.6 is 0 Å². The predicted octanol–water partition coefficient (Wildman–Crippen LogP) is 0.972. The maximum Gasteiger partial charge on any atom is 0.0843 e. The summed E-state index contributed by atoms with van der Waals surface area (Å²) in [6.45, 7) is -2.57. The zero-order chi connectivity index (χ0) is 11.1. The second-order valence-electron chi connectivity index (χ2n) is 1.25. The van der Waals surface area contributed by atoms with Crippen molar-refractivity contribution in [3.8, 4) is 0 Å². The Bertz CT molecular complexity index is 372. The number of nitrogens with zero attached hydrogens (tertiary/aromatic N) is 1. The normalized spacial score (nSPS) is 21.5. The van der Waals surface area contributed by atoms with Crippen LogP contribution in [0.1, 0.15) is 13.8 Å². The molecule has 1 heterocycles. The fraction of sp³-hybridized carbons (Fsp3) is 0.167. The molecular formula is C6H8N2. The van der Waals surface area contributed by atoms with Crippen LogP contribution in [0.4, 0.5) is 5.69 Å². The third kappa shape index (κ3) is 0.780. The summed E-state index contributed by atoms with van der Waals surface area (Å²) in [6, 6.07) is -0.452. The molecule has 0 radical (unpaired) electrons. The quantitative estimate of drug-likeness (QED) is 0.546. The Kier molecular flexibility index (Phi) is 0.334. The van der Waals surface area contributed by atoms with Gasteiger partial charge in [0.2, 0.25) is 0 Å². The van der Waals surface area contributed by atoms with E-state index in [1.807, 2.05) is 0 Å². The molecule has 1 aromatic heterocycles. The Balaban J connectivity index is 3.53. The molecule has 0 aliphatic rings. The third-order valence-electron chi connectivity index (χ3n) is 0.684. The van der Waals surface area contributed by atoms with Gasteiger partial charge in [0.1, 0.15) is 0 Å². The molecule has 2 nitrogen and oxygen atoms in total. The summed E-state index contributed by atoms with van der Waals surface area (Å²) < 4.78 is 42.8. The van der Waals surface area contributed by atoms with Crippen LogP contribution in [0.15, 0.2) is 18.4 Å². The Morgan fingerprint density at radius 2 is 2.88 bits per heavy atom. The number of anilines is 1. The fourth-order valence-corrected chi connectivity index (χ4v) is 0.295. The van der Waals surface area contributed by atoms with E-state index in [4.69, 9.17) is 14.0 Å². The van der Waals surface area contributed by atoms with Gasteiger partial charge in [0, 0.05) is 22.1 Å². The van der Waals surface area contributed by atoms with Crippen LogP contribution in [0, 0.1) is 6.85 Å². The summed E-state index contributed by atoms with van der Waals surface area (Å²) in [5, 5.41) is 0. The molecule has 0 amide bonds. The van der Waals surface area contributed by atoms with Crippen LogP contribution in [0.2, 0.25) is 0 Å². The van der Waals surface area contributed by atoms with E-state index >= 15 is 0 Å². The van der Waals surface area contributed by atoms with E-state index in [0.717, 1.165) is 0 Å². The van der Waals surface area contributed by atoms with Crippen molar-refractivity contribution in [1.82, 2.24) is 4.98 Å². The standard InChI is InChI=1S/C6H8N2/c1-5-4-8-3-2-6(5)7/h2-4H,1H3,(H2,7,8)/i1D3,2D,3D,4D. The van der Waals surface area contributed by atoms with Crippen molar-refractivity contribution < 1.29 is 8.22 Å². The maximum absolute atomic E-state index is 7.25. The molecular weight excluding hydrogens is 100 g/mol. The van der Waals surface area contributed by atoms with Gasteiger partial charge in [-0.15, -0.1) is 0 Å². The molecule has 42 valence electrons. The van der Waals surface area contributed by atoms with Crippen molar-refractivity contribution in [2.75, 3.05) is 5.73 Å². The van der Waals surface area contributed by atoms with E-state index in [1.165, 1.54) is 0 Å². The van der Waals surface area contributed by atoms with Gasteiger partial charge < -0.3 is 5.73 Å². The van der Waals surface area contributed by atoms with Crippen molar-refractivity contribution in [3.05, 3.63) is 24.0 Å². The Hall–Kier alpha value is -1.05. The summed E-state index contributed by atoms with van der Waals surface area (Å²) in [4.78, 5) is 3.31. The summed E-state index contributed by atoms with van der Waals surface area (Å²) in [6.07, 6.45) is -1.05. The average molecular weight is 114 g/mol. The second kappa shape index (κ2) is 1.82. The molecule has 0 bridgehead atoms. The monoisotopic (exact) mass is 114 g/mol. The van der Waals surface area contributed by atoms with Crippen molar-refractivity contribution in [2.24, 2.45) is 0 Å². The van der Waals surface area contributed by atoms with E-state index in [-0.39, 0.29) is 5.69 Å². The first-order chi connectivity index (χ1) is 6.25. The summed E-state index contributed by atoms with van der Waals surface area (Å²) in [5.41, 5.74) is 4.52. The molecule has 0 aromatic carbocycles. The highest BCUT2D eigenvalue weighted by atomic mass is 14.7. The number of pyridine rings is 1. The lowest BCUT2D eigenvalue weighted by molar-refractivity contribution is 1.27. The number of nitrogens with two attached hydrogens (primary N) is 1. The molecule has 0 spiro atoms. The van der Waals surface area contributed by atoms with E-state index in [9.17, 15) is 0 Å². The number of hydrogen-bond donors (Lipinski definition) is 1. The van der Waals surface area contributed by atoms with Crippen LogP contribution < -0.4 is 5.73 Å². The van der Waals surface area contributed by atoms with Crippen molar-refractivity contribution >= 4 is 5.69 Å². The van der Waals surface area contributed by atoms with Gasteiger partial charge >= 0.3 is 0 Å². The molecule has 0 saturated carbocycles. The minimum absolute atomic E-state index is 0.366. The second-order valence-corrected chi connectivity index (χ2v) is 1.25. The van der Waals surface area contributed by atoms with Crippen LogP contribution in [0.5, 0.6) is 0 Å². The topological polar surface area (TPSA) is 38.9 Å². The van der Waals surface area contributed by atoms with E-state index in [0.29, 0.717) is 0 Å². The van der Waals surface area contributed by atoms with Gasteiger partial charge in [0.05, 0.1) is 4.11 Å². The number of aromatic nitrogens is 1. The largest absolute Gasteiger partial charge is 0.398 e. The Labute approximate surface area is 56.8 Å². The van der Waals surface area contributed by atoms with Gasteiger partial charge in [-0.05, 0) is 18.5 Å². The highest BCUT2D eigenvalue weighted by Gasteiger charge is 1.85. The first-order valence-corrected chi connectivity index (χ1v) is 1.99. The molecule has 0 aliphatic carbocycles. The van der Waals surface area contributed by atoms with Crippen LogP contribution in [0.25, 0.3) is 0 Å². The summed E-state index contributed by atoms with van der Waals surface area (Å²) >= 11 is 0. The number of rotatable bonds is 0. The molecule has 1 aromatic rings. The lowest BCUT2D eigenvalue weighted by atomic mass is 10.3. The van der Waals surface area contributed by atoms with Gasteiger partial charge in [-0.25, -0.2) is 0 Å². The summed E-state index contributed by atoms with van der Waals surface area (Å²) in [5.74, 6) is 0. The average Bonchev–Trinajstić information content (AvgIpc) is 1.97. The molecule has 2 heteroatoms. The smallest absolute Gasteiger partial charge is 0.0843 e. The van der Waals surface area contributed by atoms with E-state index in [2.05, 4.69) is 4.98 Å². The van der Waals surface area contributed by atoms with Crippen molar-refractivity contribution in [3.63, 3.8) is 0 Å².